The highest BCUT2D eigenvalue weighted by Crippen LogP contribution is 2.14. The van der Waals surface area contributed by atoms with Crippen LogP contribution in [0.15, 0.2) is 23.5 Å². The van der Waals surface area contributed by atoms with Crippen LogP contribution in [0.1, 0.15) is 40.0 Å². The molecule has 12 heavy (non-hydrogen) atoms. The second-order valence-electron chi connectivity index (χ2n) is 3.44. The Kier molecular flexibility index (Phi) is 5.52. The maximum absolute atomic E-state index is 5.24. The fourth-order valence-corrected chi connectivity index (χ4v) is 1.11. The van der Waals surface area contributed by atoms with E-state index in [4.69, 9.17) is 4.74 Å². The van der Waals surface area contributed by atoms with Gasteiger partial charge in [0.1, 0.15) is 0 Å². The van der Waals surface area contributed by atoms with Crippen molar-refractivity contribution in [3.05, 3.63) is 23.5 Å². The quantitative estimate of drug-likeness (QED) is 0.449. The monoisotopic (exact) mass is 168 g/mol. The van der Waals surface area contributed by atoms with Crippen molar-refractivity contribution in [3.63, 3.8) is 0 Å². The molecule has 0 unspecified atom stereocenters. The molecule has 0 radical (unpaired) electrons. The molecule has 0 aliphatic carbocycles. The molecule has 0 N–H and O–H groups in total. The molecule has 0 aromatic carbocycles. The van der Waals surface area contributed by atoms with Gasteiger partial charge in [-0.15, -0.1) is 6.58 Å². The minimum atomic E-state index is 1.03. The van der Waals surface area contributed by atoms with Crippen molar-refractivity contribution in [2.24, 2.45) is 0 Å². The molecule has 0 aliphatic rings. The second kappa shape index (κ2) is 5.87. The standard InChI is InChI=1S/C11H20O/c1-9(2)7-6-8-11(12-5)10(3)4/h1,6-8H2,2-5H3. The van der Waals surface area contributed by atoms with Crippen molar-refractivity contribution < 1.29 is 4.74 Å². The molecular weight excluding hydrogens is 148 g/mol. The summed E-state index contributed by atoms with van der Waals surface area (Å²) in [6.45, 7) is 10.1. The van der Waals surface area contributed by atoms with E-state index in [0.29, 0.717) is 0 Å². The Morgan fingerprint density at radius 3 is 2.08 bits per heavy atom. The maximum Gasteiger partial charge on any atom is 0.0941 e. The third-order valence-electron chi connectivity index (χ3n) is 1.81. The summed E-state index contributed by atoms with van der Waals surface area (Å²) in [5.41, 5.74) is 2.53. The first-order valence-corrected chi connectivity index (χ1v) is 4.42. The summed E-state index contributed by atoms with van der Waals surface area (Å²) in [6.07, 6.45) is 3.27. The molecule has 0 aliphatic heterocycles. The molecule has 1 heteroatoms. The topological polar surface area (TPSA) is 9.23 Å². The summed E-state index contributed by atoms with van der Waals surface area (Å²) in [4.78, 5) is 0. The first-order chi connectivity index (χ1) is 5.57. The van der Waals surface area contributed by atoms with Crippen LogP contribution in [-0.4, -0.2) is 7.11 Å². The molecule has 0 rings (SSSR count). The first-order valence-electron chi connectivity index (χ1n) is 4.42. The molecule has 0 spiro atoms. The molecule has 1 nitrogen and oxygen atoms in total. The van der Waals surface area contributed by atoms with Gasteiger partial charge in [0, 0.05) is 6.42 Å². The molecule has 0 aromatic heterocycles. The Labute approximate surface area is 76.1 Å². The van der Waals surface area contributed by atoms with Gasteiger partial charge in [-0.2, -0.15) is 0 Å². The Balaban J connectivity index is 3.75. The van der Waals surface area contributed by atoms with Crippen LogP contribution in [-0.2, 0) is 4.74 Å². The second-order valence-corrected chi connectivity index (χ2v) is 3.44. The highest BCUT2D eigenvalue weighted by atomic mass is 16.5. The fraction of sp³-hybridized carbons (Fsp3) is 0.636. The maximum atomic E-state index is 5.24. The number of ether oxygens (including phenoxy) is 1. The third-order valence-corrected chi connectivity index (χ3v) is 1.81. The predicted octanol–water partition coefficient (Wildman–Crippen LogP) is 3.67. The minimum absolute atomic E-state index is 1.03. The third kappa shape index (κ3) is 5.00. The van der Waals surface area contributed by atoms with Gasteiger partial charge in [-0.05, 0) is 39.2 Å². The van der Waals surface area contributed by atoms with E-state index in [-0.39, 0.29) is 0 Å². The average molecular weight is 168 g/mol. The summed E-state index contributed by atoms with van der Waals surface area (Å²) in [5, 5.41) is 0. The lowest BCUT2D eigenvalue weighted by molar-refractivity contribution is 0.270. The van der Waals surface area contributed by atoms with Crippen molar-refractivity contribution in [2.75, 3.05) is 7.11 Å². The van der Waals surface area contributed by atoms with E-state index in [1.165, 1.54) is 11.1 Å². The van der Waals surface area contributed by atoms with Gasteiger partial charge >= 0.3 is 0 Å². The van der Waals surface area contributed by atoms with E-state index in [1.54, 1.807) is 7.11 Å². The van der Waals surface area contributed by atoms with Crippen LogP contribution in [0, 0.1) is 0 Å². The van der Waals surface area contributed by atoms with Gasteiger partial charge in [0.05, 0.1) is 12.9 Å². The lowest BCUT2D eigenvalue weighted by Gasteiger charge is -2.07. The zero-order valence-corrected chi connectivity index (χ0v) is 8.74. The van der Waals surface area contributed by atoms with Crippen LogP contribution in [0.4, 0.5) is 0 Å². The molecule has 0 heterocycles. The van der Waals surface area contributed by atoms with E-state index in [0.717, 1.165) is 25.0 Å². The Morgan fingerprint density at radius 1 is 1.17 bits per heavy atom. The van der Waals surface area contributed by atoms with Gasteiger partial charge in [0.15, 0.2) is 0 Å². The van der Waals surface area contributed by atoms with Gasteiger partial charge in [-0.3, -0.25) is 0 Å². The minimum Gasteiger partial charge on any atom is -0.501 e. The molecule has 70 valence electrons. The van der Waals surface area contributed by atoms with Gasteiger partial charge in [0.25, 0.3) is 0 Å². The molecule has 0 bridgehead atoms. The van der Waals surface area contributed by atoms with Crippen LogP contribution in [0.2, 0.25) is 0 Å². The number of allylic oxidation sites excluding steroid dienone is 3. The van der Waals surface area contributed by atoms with Gasteiger partial charge in [0.2, 0.25) is 0 Å². The largest absolute Gasteiger partial charge is 0.501 e. The SMILES string of the molecule is C=C(C)CCCC(OC)=C(C)C. The zero-order valence-electron chi connectivity index (χ0n) is 8.74. The van der Waals surface area contributed by atoms with Crippen molar-refractivity contribution in [3.8, 4) is 0 Å². The predicted molar refractivity (Wildman–Crippen MR) is 54.0 cm³/mol. The zero-order chi connectivity index (χ0) is 9.56. The molecule has 0 fully saturated rings. The van der Waals surface area contributed by atoms with E-state index < -0.39 is 0 Å². The lowest BCUT2D eigenvalue weighted by Crippen LogP contribution is -1.90. The fourth-order valence-electron chi connectivity index (χ4n) is 1.11. The molecule has 0 amide bonds. The van der Waals surface area contributed by atoms with Crippen LogP contribution in [0.25, 0.3) is 0 Å². The van der Waals surface area contributed by atoms with E-state index >= 15 is 0 Å². The summed E-state index contributed by atoms with van der Waals surface area (Å²) in [5.74, 6) is 1.12. The van der Waals surface area contributed by atoms with Crippen molar-refractivity contribution in [1.29, 1.82) is 0 Å². The summed E-state index contributed by atoms with van der Waals surface area (Å²) < 4.78 is 5.24. The first kappa shape index (κ1) is 11.3. The van der Waals surface area contributed by atoms with Crippen LogP contribution in [0.3, 0.4) is 0 Å². The van der Waals surface area contributed by atoms with Gasteiger partial charge in [-0.25, -0.2) is 0 Å². The average Bonchev–Trinajstić information content (AvgIpc) is 1.96. The Bertz CT molecular complexity index is 173. The van der Waals surface area contributed by atoms with E-state index in [9.17, 15) is 0 Å². The van der Waals surface area contributed by atoms with E-state index in [2.05, 4.69) is 27.4 Å². The van der Waals surface area contributed by atoms with Crippen molar-refractivity contribution in [2.45, 2.75) is 40.0 Å². The summed E-state index contributed by atoms with van der Waals surface area (Å²) >= 11 is 0. The molecular formula is C11H20O. The lowest BCUT2D eigenvalue weighted by atomic mass is 10.1. The van der Waals surface area contributed by atoms with Crippen LogP contribution in [0.5, 0.6) is 0 Å². The molecule has 0 atom stereocenters. The molecule has 0 aromatic rings. The van der Waals surface area contributed by atoms with Gasteiger partial charge < -0.3 is 4.74 Å². The normalized spacial score (nSPS) is 9.33. The van der Waals surface area contributed by atoms with Crippen molar-refractivity contribution in [1.82, 2.24) is 0 Å². The Morgan fingerprint density at radius 2 is 1.75 bits per heavy atom. The molecule has 0 saturated heterocycles. The number of hydrogen-bond acceptors (Lipinski definition) is 1. The number of hydrogen-bond donors (Lipinski definition) is 0. The van der Waals surface area contributed by atoms with Crippen LogP contribution < -0.4 is 0 Å². The highest BCUT2D eigenvalue weighted by Gasteiger charge is 1.98. The summed E-state index contributed by atoms with van der Waals surface area (Å²) in [7, 11) is 1.74. The summed E-state index contributed by atoms with van der Waals surface area (Å²) in [6, 6.07) is 0. The number of rotatable bonds is 5. The van der Waals surface area contributed by atoms with Crippen LogP contribution >= 0.6 is 0 Å². The number of methoxy groups -OCH3 is 1. The van der Waals surface area contributed by atoms with E-state index in [1.807, 2.05) is 0 Å². The Hall–Kier alpha value is -0.720. The molecule has 0 saturated carbocycles. The highest BCUT2D eigenvalue weighted by molar-refractivity contribution is 5.02. The van der Waals surface area contributed by atoms with Gasteiger partial charge in [-0.1, -0.05) is 5.57 Å². The smallest absolute Gasteiger partial charge is 0.0941 e. The van der Waals surface area contributed by atoms with Crippen molar-refractivity contribution >= 4 is 0 Å².